The van der Waals surface area contributed by atoms with E-state index in [0.29, 0.717) is 23.4 Å². The first-order chi connectivity index (χ1) is 14.7. The van der Waals surface area contributed by atoms with Gasteiger partial charge in [0.05, 0.1) is 29.0 Å². The van der Waals surface area contributed by atoms with Crippen LogP contribution in [0.1, 0.15) is 30.1 Å². The number of hydrogen-bond donors (Lipinski definition) is 2. The molecule has 8 nitrogen and oxygen atoms in total. The molecular weight excluding hydrogens is 440 g/mol. The Morgan fingerprint density at radius 3 is 2.58 bits per heavy atom. The van der Waals surface area contributed by atoms with Gasteiger partial charge in [-0.15, -0.1) is 11.8 Å². The van der Waals surface area contributed by atoms with E-state index in [0.717, 1.165) is 4.90 Å². The van der Waals surface area contributed by atoms with Gasteiger partial charge in [0.15, 0.2) is 9.84 Å². The summed E-state index contributed by atoms with van der Waals surface area (Å²) in [6.45, 7) is 1.94. The number of amides is 2. The molecule has 0 fully saturated rings. The average Bonchev–Trinajstić information content (AvgIpc) is 2.87. The lowest BCUT2D eigenvalue weighted by Crippen LogP contribution is -2.18. The van der Waals surface area contributed by atoms with Gasteiger partial charge in [0.25, 0.3) is 0 Å². The van der Waals surface area contributed by atoms with Gasteiger partial charge in [-0.25, -0.2) is 13.2 Å². The number of hydrogen-bond acceptors (Lipinski definition) is 7. The second kappa shape index (κ2) is 9.52. The fourth-order valence-electron chi connectivity index (χ4n) is 3.00. The number of carbonyl (C=O) groups excluding carboxylic acids is 3. The smallest absolute Gasteiger partial charge is 0.337 e. The van der Waals surface area contributed by atoms with Crippen LogP contribution in [-0.4, -0.2) is 44.3 Å². The predicted octanol–water partition coefficient (Wildman–Crippen LogP) is 3.10. The van der Waals surface area contributed by atoms with Crippen molar-refractivity contribution in [2.75, 3.05) is 23.5 Å². The van der Waals surface area contributed by atoms with Crippen LogP contribution < -0.4 is 10.6 Å². The fraction of sp³-hybridized carbons (Fsp3) is 0.286. The van der Waals surface area contributed by atoms with Crippen LogP contribution in [0.2, 0.25) is 0 Å². The van der Waals surface area contributed by atoms with E-state index >= 15 is 0 Å². The third-order valence-corrected chi connectivity index (χ3v) is 7.47. The van der Waals surface area contributed by atoms with Gasteiger partial charge >= 0.3 is 5.97 Å². The number of carbonyl (C=O) groups is 3. The number of thioether (sulfide) groups is 1. The first kappa shape index (κ1) is 22.8. The van der Waals surface area contributed by atoms with Gasteiger partial charge in [-0.3, -0.25) is 9.59 Å². The molecule has 1 heterocycles. The van der Waals surface area contributed by atoms with Gasteiger partial charge in [0, 0.05) is 28.7 Å². The molecule has 2 aromatic rings. The zero-order chi connectivity index (χ0) is 22.6. The number of benzene rings is 2. The zero-order valence-electron chi connectivity index (χ0n) is 17.0. The Hall–Kier alpha value is -2.85. The van der Waals surface area contributed by atoms with Crippen LogP contribution in [0.15, 0.2) is 52.3 Å². The Kier molecular flexibility index (Phi) is 7.01. The Labute approximate surface area is 184 Å². The molecule has 0 unspecified atom stereocenters. The molecule has 0 saturated heterocycles. The summed E-state index contributed by atoms with van der Waals surface area (Å²) in [4.78, 5) is 36.4. The molecule has 1 aliphatic rings. The Balaban J connectivity index is 1.64. The van der Waals surface area contributed by atoms with Crippen LogP contribution in [0.5, 0.6) is 0 Å². The van der Waals surface area contributed by atoms with Gasteiger partial charge in [0.2, 0.25) is 11.8 Å². The number of esters is 1. The normalized spacial score (nSPS) is 15.9. The van der Waals surface area contributed by atoms with E-state index in [9.17, 15) is 22.8 Å². The largest absolute Gasteiger partial charge is 0.465 e. The van der Waals surface area contributed by atoms with Crippen LogP contribution in [0.3, 0.4) is 0 Å². The predicted molar refractivity (Wildman–Crippen MR) is 118 cm³/mol. The number of nitrogens with one attached hydrogen (secondary N) is 2. The molecule has 2 aromatic carbocycles. The van der Waals surface area contributed by atoms with Crippen molar-refractivity contribution in [1.82, 2.24) is 0 Å². The lowest BCUT2D eigenvalue weighted by atomic mass is 10.2. The van der Waals surface area contributed by atoms with E-state index in [1.807, 2.05) is 6.92 Å². The van der Waals surface area contributed by atoms with Gasteiger partial charge in [-0.2, -0.15) is 0 Å². The zero-order valence-corrected chi connectivity index (χ0v) is 18.6. The average molecular weight is 463 g/mol. The number of ether oxygens (including phenoxy) is 1. The SMILES string of the molecule is COC(=O)c1ccc(NC(=O)CCS(=O)(=O)c2ccc3c(c2)NC(=O)C[C@H](C)S3)cc1. The maximum Gasteiger partial charge on any atom is 0.337 e. The highest BCUT2D eigenvalue weighted by molar-refractivity contribution is 8.00. The van der Waals surface area contributed by atoms with E-state index in [1.54, 1.807) is 6.07 Å². The van der Waals surface area contributed by atoms with E-state index in [4.69, 9.17) is 0 Å². The molecule has 164 valence electrons. The van der Waals surface area contributed by atoms with E-state index in [1.165, 1.54) is 55.3 Å². The monoisotopic (exact) mass is 462 g/mol. The van der Waals surface area contributed by atoms with Crippen molar-refractivity contribution >= 4 is 50.8 Å². The first-order valence-electron chi connectivity index (χ1n) is 9.49. The lowest BCUT2D eigenvalue weighted by molar-refractivity contribution is -0.116. The number of rotatable bonds is 6. The maximum atomic E-state index is 12.7. The van der Waals surface area contributed by atoms with Crippen molar-refractivity contribution in [1.29, 1.82) is 0 Å². The summed E-state index contributed by atoms with van der Waals surface area (Å²) in [5.74, 6) is -1.50. The molecule has 0 radical (unpaired) electrons. The molecule has 1 atom stereocenters. The molecule has 10 heteroatoms. The third kappa shape index (κ3) is 5.86. The van der Waals surface area contributed by atoms with Crippen molar-refractivity contribution < 1.29 is 27.5 Å². The molecule has 2 N–H and O–H groups in total. The molecule has 0 saturated carbocycles. The molecule has 0 bridgehead atoms. The van der Waals surface area contributed by atoms with Crippen LogP contribution in [0.25, 0.3) is 0 Å². The molecule has 2 amide bonds. The second-order valence-corrected chi connectivity index (χ2v) is 10.6. The van der Waals surface area contributed by atoms with Gasteiger partial charge in [-0.1, -0.05) is 6.92 Å². The van der Waals surface area contributed by atoms with E-state index < -0.39 is 21.7 Å². The summed E-state index contributed by atoms with van der Waals surface area (Å²) in [5.41, 5.74) is 1.25. The molecular formula is C21H22N2O6S2. The fourth-order valence-corrected chi connectivity index (χ4v) is 5.31. The van der Waals surface area contributed by atoms with Crippen molar-refractivity contribution in [2.45, 2.75) is 34.8 Å². The minimum absolute atomic E-state index is 0.0527. The van der Waals surface area contributed by atoms with Gasteiger partial charge in [-0.05, 0) is 42.5 Å². The Morgan fingerprint density at radius 1 is 1.19 bits per heavy atom. The second-order valence-electron chi connectivity index (χ2n) is 7.02. The summed E-state index contributed by atoms with van der Waals surface area (Å²) < 4.78 is 30.0. The molecule has 1 aliphatic heterocycles. The third-order valence-electron chi connectivity index (χ3n) is 4.57. The Bertz CT molecular complexity index is 1110. The lowest BCUT2D eigenvalue weighted by Gasteiger charge is -2.11. The van der Waals surface area contributed by atoms with Crippen LogP contribution in [0.4, 0.5) is 11.4 Å². The summed E-state index contributed by atoms with van der Waals surface area (Å²) in [6.07, 6.45) is 0.110. The number of anilines is 2. The standard InChI is InChI=1S/C21H22N2O6S2/c1-13-11-20(25)23-17-12-16(7-8-18(17)30-13)31(27,28)10-9-19(24)22-15-5-3-14(4-6-15)21(26)29-2/h3-8,12-13H,9-11H2,1-2H3,(H,22,24)(H,23,25)/t13-/m0/s1. The molecule has 0 spiro atoms. The van der Waals surface area contributed by atoms with Crippen molar-refractivity contribution in [3.8, 4) is 0 Å². The molecule has 0 aromatic heterocycles. The topological polar surface area (TPSA) is 119 Å². The number of sulfone groups is 1. The minimum atomic E-state index is -3.73. The summed E-state index contributed by atoms with van der Waals surface area (Å²) in [5, 5.41) is 5.44. The summed E-state index contributed by atoms with van der Waals surface area (Å²) in [7, 11) is -2.45. The highest BCUT2D eigenvalue weighted by Gasteiger charge is 2.23. The van der Waals surface area contributed by atoms with Gasteiger partial charge in [0.1, 0.15) is 0 Å². The summed E-state index contributed by atoms with van der Waals surface area (Å²) >= 11 is 1.51. The minimum Gasteiger partial charge on any atom is -0.465 e. The van der Waals surface area contributed by atoms with Gasteiger partial charge < -0.3 is 15.4 Å². The number of methoxy groups -OCH3 is 1. The van der Waals surface area contributed by atoms with Crippen LogP contribution >= 0.6 is 11.8 Å². The molecule has 31 heavy (non-hydrogen) atoms. The quantitative estimate of drug-likeness (QED) is 0.633. The van der Waals surface area contributed by atoms with E-state index in [2.05, 4.69) is 15.4 Å². The maximum absolute atomic E-state index is 12.7. The summed E-state index contributed by atoms with van der Waals surface area (Å²) in [6, 6.07) is 10.7. The highest BCUT2D eigenvalue weighted by Crippen LogP contribution is 2.36. The first-order valence-corrected chi connectivity index (χ1v) is 12.0. The highest BCUT2D eigenvalue weighted by atomic mass is 32.2. The van der Waals surface area contributed by atoms with Crippen LogP contribution in [-0.2, 0) is 24.2 Å². The van der Waals surface area contributed by atoms with Crippen molar-refractivity contribution in [3.05, 3.63) is 48.0 Å². The van der Waals surface area contributed by atoms with Crippen molar-refractivity contribution in [3.63, 3.8) is 0 Å². The van der Waals surface area contributed by atoms with Crippen LogP contribution in [0, 0.1) is 0 Å². The molecule has 0 aliphatic carbocycles. The Morgan fingerprint density at radius 2 is 1.90 bits per heavy atom. The van der Waals surface area contributed by atoms with E-state index in [-0.39, 0.29) is 28.2 Å². The van der Waals surface area contributed by atoms with Crippen molar-refractivity contribution in [2.24, 2.45) is 0 Å². The number of fused-ring (bicyclic) bond motifs is 1. The molecule has 3 rings (SSSR count).